The van der Waals surface area contributed by atoms with Crippen LogP contribution in [-0.2, 0) is 12.9 Å². The molecule has 0 saturated carbocycles. The van der Waals surface area contributed by atoms with Gasteiger partial charge in [-0.15, -0.1) is 11.6 Å². The molecule has 0 aliphatic heterocycles. The summed E-state index contributed by atoms with van der Waals surface area (Å²) < 4.78 is 15.4. The molecule has 1 heterocycles. The van der Waals surface area contributed by atoms with Crippen LogP contribution in [0.1, 0.15) is 5.82 Å². The minimum atomic E-state index is -0.290. The third-order valence-electron chi connectivity index (χ3n) is 2.14. The SMILES string of the molecule is Cn1c(CCl)nc2cc(Br)c(F)cc21. The zero-order valence-corrected chi connectivity index (χ0v) is 9.73. The van der Waals surface area contributed by atoms with E-state index in [2.05, 4.69) is 20.9 Å². The van der Waals surface area contributed by atoms with E-state index in [4.69, 9.17) is 11.6 Å². The van der Waals surface area contributed by atoms with Crippen LogP contribution < -0.4 is 0 Å². The Morgan fingerprint density at radius 2 is 2.29 bits per heavy atom. The van der Waals surface area contributed by atoms with Gasteiger partial charge in [0.25, 0.3) is 0 Å². The molecule has 0 amide bonds. The van der Waals surface area contributed by atoms with Crippen molar-refractivity contribution < 1.29 is 4.39 Å². The van der Waals surface area contributed by atoms with Crippen molar-refractivity contribution in [3.05, 3.63) is 28.2 Å². The Balaban J connectivity index is 2.80. The molecular weight excluding hydrogens is 270 g/mol. The number of benzene rings is 1. The first-order chi connectivity index (χ1) is 6.63. The molecule has 5 heteroatoms. The predicted octanol–water partition coefficient (Wildman–Crippen LogP) is 3.21. The van der Waals surface area contributed by atoms with E-state index in [0.29, 0.717) is 10.4 Å². The first-order valence-corrected chi connectivity index (χ1v) is 5.32. The molecule has 0 bridgehead atoms. The van der Waals surface area contributed by atoms with E-state index in [0.717, 1.165) is 16.9 Å². The Hall–Kier alpha value is -0.610. The number of hydrogen-bond donors (Lipinski definition) is 0. The van der Waals surface area contributed by atoms with Gasteiger partial charge in [-0.1, -0.05) is 0 Å². The van der Waals surface area contributed by atoms with E-state index in [1.807, 2.05) is 7.05 Å². The number of rotatable bonds is 1. The van der Waals surface area contributed by atoms with Crippen molar-refractivity contribution in [3.63, 3.8) is 0 Å². The summed E-state index contributed by atoms with van der Waals surface area (Å²) >= 11 is 8.81. The number of alkyl halides is 1. The summed E-state index contributed by atoms with van der Waals surface area (Å²) in [6, 6.07) is 3.10. The molecule has 74 valence electrons. The largest absolute Gasteiger partial charge is 0.330 e. The molecule has 2 nitrogen and oxygen atoms in total. The Labute approximate surface area is 93.8 Å². The summed E-state index contributed by atoms with van der Waals surface area (Å²) in [6.45, 7) is 0. The number of hydrogen-bond acceptors (Lipinski definition) is 1. The molecule has 1 aromatic carbocycles. The van der Waals surface area contributed by atoms with Crippen LogP contribution >= 0.6 is 27.5 Å². The van der Waals surface area contributed by atoms with Crippen LogP contribution in [0.5, 0.6) is 0 Å². The molecule has 2 rings (SSSR count). The summed E-state index contributed by atoms with van der Waals surface area (Å²) in [5, 5.41) is 0. The third-order valence-corrected chi connectivity index (χ3v) is 2.98. The second kappa shape index (κ2) is 3.51. The highest BCUT2D eigenvalue weighted by Gasteiger charge is 2.09. The second-order valence-corrected chi connectivity index (χ2v) is 4.10. The predicted molar refractivity (Wildman–Crippen MR) is 57.9 cm³/mol. The monoisotopic (exact) mass is 276 g/mol. The van der Waals surface area contributed by atoms with Crippen molar-refractivity contribution in [2.24, 2.45) is 7.05 Å². The van der Waals surface area contributed by atoms with Crippen LogP contribution in [0.25, 0.3) is 11.0 Å². The van der Waals surface area contributed by atoms with Gasteiger partial charge in [0.05, 0.1) is 21.4 Å². The number of aromatic nitrogens is 2. The Morgan fingerprint density at radius 3 is 2.93 bits per heavy atom. The standard InChI is InChI=1S/C9H7BrClFN2/c1-14-8-3-6(12)5(10)2-7(8)13-9(14)4-11/h2-3H,4H2,1H3. The molecule has 0 unspecified atom stereocenters. The van der Waals surface area contributed by atoms with Crippen molar-refractivity contribution >= 4 is 38.6 Å². The Kier molecular flexibility index (Phi) is 2.49. The Morgan fingerprint density at radius 1 is 1.57 bits per heavy atom. The molecule has 14 heavy (non-hydrogen) atoms. The molecule has 0 saturated heterocycles. The molecule has 0 radical (unpaired) electrons. The zero-order chi connectivity index (χ0) is 10.3. The van der Waals surface area contributed by atoms with Gasteiger partial charge in [-0.3, -0.25) is 0 Å². The van der Waals surface area contributed by atoms with Gasteiger partial charge in [0.1, 0.15) is 11.6 Å². The van der Waals surface area contributed by atoms with E-state index < -0.39 is 0 Å². The highest BCUT2D eigenvalue weighted by molar-refractivity contribution is 9.10. The van der Waals surface area contributed by atoms with Crippen LogP contribution in [0, 0.1) is 5.82 Å². The molecule has 0 aliphatic rings. The molecule has 2 aromatic rings. The lowest BCUT2D eigenvalue weighted by Crippen LogP contribution is -1.93. The van der Waals surface area contributed by atoms with Gasteiger partial charge >= 0.3 is 0 Å². The summed E-state index contributed by atoms with van der Waals surface area (Å²) in [5.41, 5.74) is 1.50. The molecule has 0 fully saturated rings. The summed E-state index contributed by atoms with van der Waals surface area (Å²) in [4.78, 5) is 4.27. The molecular formula is C9H7BrClFN2. The zero-order valence-electron chi connectivity index (χ0n) is 7.39. The number of halogens is 3. The highest BCUT2D eigenvalue weighted by atomic mass is 79.9. The molecule has 0 aliphatic carbocycles. The van der Waals surface area contributed by atoms with Gasteiger partial charge in [0, 0.05) is 13.1 Å². The summed E-state index contributed by atoms with van der Waals surface area (Å²) in [5.74, 6) is 0.769. The number of fused-ring (bicyclic) bond motifs is 1. The fourth-order valence-electron chi connectivity index (χ4n) is 1.36. The third kappa shape index (κ3) is 1.42. The van der Waals surface area contributed by atoms with E-state index in [1.54, 1.807) is 10.6 Å². The van der Waals surface area contributed by atoms with Crippen molar-refractivity contribution in [2.45, 2.75) is 5.88 Å². The lowest BCUT2D eigenvalue weighted by atomic mass is 10.3. The average Bonchev–Trinajstić information content (AvgIpc) is 2.45. The lowest BCUT2D eigenvalue weighted by molar-refractivity contribution is 0.622. The number of imidazole rings is 1. The van der Waals surface area contributed by atoms with Crippen LogP contribution in [0.4, 0.5) is 4.39 Å². The minimum absolute atomic E-state index is 0.290. The van der Waals surface area contributed by atoms with Crippen LogP contribution in [-0.4, -0.2) is 9.55 Å². The second-order valence-electron chi connectivity index (χ2n) is 2.98. The van der Waals surface area contributed by atoms with Gasteiger partial charge in [-0.05, 0) is 22.0 Å². The highest BCUT2D eigenvalue weighted by Crippen LogP contribution is 2.23. The molecule has 0 atom stereocenters. The van der Waals surface area contributed by atoms with Crippen molar-refractivity contribution in [2.75, 3.05) is 0 Å². The first kappa shape index (κ1) is 9.93. The van der Waals surface area contributed by atoms with Crippen LogP contribution in [0.2, 0.25) is 0 Å². The van der Waals surface area contributed by atoms with Crippen molar-refractivity contribution in [1.29, 1.82) is 0 Å². The van der Waals surface area contributed by atoms with Gasteiger partial charge in [0.15, 0.2) is 0 Å². The number of aryl methyl sites for hydroxylation is 1. The van der Waals surface area contributed by atoms with Gasteiger partial charge in [-0.2, -0.15) is 0 Å². The maximum atomic E-state index is 13.2. The Bertz CT molecular complexity index is 495. The fraction of sp³-hybridized carbons (Fsp3) is 0.222. The van der Waals surface area contributed by atoms with Crippen LogP contribution in [0.15, 0.2) is 16.6 Å². The minimum Gasteiger partial charge on any atom is -0.330 e. The first-order valence-electron chi connectivity index (χ1n) is 4.00. The van der Waals surface area contributed by atoms with Gasteiger partial charge < -0.3 is 4.57 Å². The smallest absolute Gasteiger partial charge is 0.139 e. The van der Waals surface area contributed by atoms with E-state index in [-0.39, 0.29) is 5.82 Å². The molecule has 0 spiro atoms. The van der Waals surface area contributed by atoms with Crippen molar-refractivity contribution in [3.8, 4) is 0 Å². The number of nitrogens with zero attached hydrogens (tertiary/aromatic N) is 2. The van der Waals surface area contributed by atoms with E-state index in [9.17, 15) is 4.39 Å². The maximum absolute atomic E-state index is 13.2. The molecule has 1 aromatic heterocycles. The van der Waals surface area contributed by atoms with E-state index in [1.165, 1.54) is 6.07 Å². The fourth-order valence-corrected chi connectivity index (χ4v) is 1.93. The van der Waals surface area contributed by atoms with E-state index >= 15 is 0 Å². The quantitative estimate of drug-likeness (QED) is 0.732. The average molecular weight is 278 g/mol. The normalized spacial score (nSPS) is 11.1. The van der Waals surface area contributed by atoms with Crippen molar-refractivity contribution in [1.82, 2.24) is 9.55 Å². The van der Waals surface area contributed by atoms with Crippen LogP contribution in [0.3, 0.4) is 0 Å². The molecule has 0 N–H and O–H groups in total. The summed E-state index contributed by atoms with van der Waals surface area (Å²) in [6.07, 6.45) is 0. The lowest BCUT2D eigenvalue weighted by Gasteiger charge is -1.98. The van der Waals surface area contributed by atoms with Gasteiger partial charge in [-0.25, -0.2) is 9.37 Å². The topological polar surface area (TPSA) is 17.8 Å². The summed E-state index contributed by atoms with van der Waals surface area (Å²) in [7, 11) is 1.82. The maximum Gasteiger partial charge on any atom is 0.139 e. The van der Waals surface area contributed by atoms with Gasteiger partial charge in [0.2, 0.25) is 0 Å².